The molecule has 2 N–H and O–H groups in total. The van der Waals surface area contributed by atoms with Gasteiger partial charge < -0.3 is 10.5 Å². The lowest BCUT2D eigenvalue weighted by atomic mass is 10.1. The average Bonchev–Trinajstić information content (AvgIpc) is 2.36. The van der Waals surface area contributed by atoms with Crippen LogP contribution in [0.15, 0.2) is 42.6 Å². The van der Waals surface area contributed by atoms with Crippen LogP contribution in [0.3, 0.4) is 0 Å². The summed E-state index contributed by atoms with van der Waals surface area (Å²) in [5, 5.41) is 0. The van der Waals surface area contributed by atoms with Gasteiger partial charge in [-0.3, -0.25) is 0 Å². The first-order chi connectivity index (χ1) is 8.34. The first-order valence-electron chi connectivity index (χ1n) is 5.60. The van der Waals surface area contributed by atoms with Crippen molar-refractivity contribution in [3.63, 3.8) is 0 Å². The molecule has 0 unspecified atom stereocenters. The molecule has 1 aromatic carbocycles. The summed E-state index contributed by atoms with van der Waals surface area (Å²) in [5.41, 5.74) is 6.77. The van der Waals surface area contributed by atoms with E-state index in [1.54, 1.807) is 12.3 Å². The van der Waals surface area contributed by atoms with Crippen LogP contribution in [-0.2, 0) is 6.42 Å². The molecule has 88 valence electrons. The maximum Gasteiger partial charge on any atom is 0.223 e. The minimum atomic E-state index is 0.241. The van der Waals surface area contributed by atoms with Gasteiger partial charge in [0.05, 0.1) is 6.61 Å². The van der Waals surface area contributed by atoms with Crippen molar-refractivity contribution in [2.45, 2.75) is 12.8 Å². The van der Waals surface area contributed by atoms with Gasteiger partial charge in [0.25, 0.3) is 0 Å². The number of aromatic nitrogens is 2. The topological polar surface area (TPSA) is 61.0 Å². The van der Waals surface area contributed by atoms with Crippen molar-refractivity contribution in [2.75, 3.05) is 12.3 Å². The van der Waals surface area contributed by atoms with Crippen molar-refractivity contribution in [1.29, 1.82) is 0 Å². The SMILES string of the molecule is Nc1nccc(OCCCc2ccccc2)n1. The molecule has 17 heavy (non-hydrogen) atoms. The normalized spacial score (nSPS) is 10.1. The second-order valence-corrected chi connectivity index (χ2v) is 3.69. The Morgan fingerprint density at radius 3 is 2.71 bits per heavy atom. The lowest BCUT2D eigenvalue weighted by Gasteiger charge is -2.05. The van der Waals surface area contributed by atoms with E-state index < -0.39 is 0 Å². The molecule has 0 aliphatic rings. The molecule has 0 atom stereocenters. The number of nitrogens with two attached hydrogens (primary N) is 1. The van der Waals surface area contributed by atoms with Crippen molar-refractivity contribution in [1.82, 2.24) is 9.97 Å². The highest BCUT2D eigenvalue weighted by atomic mass is 16.5. The van der Waals surface area contributed by atoms with Gasteiger partial charge >= 0.3 is 0 Å². The van der Waals surface area contributed by atoms with Crippen LogP contribution in [0.5, 0.6) is 5.88 Å². The Labute approximate surface area is 100 Å². The fourth-order valence-corrected chi connectivity index (χ4v) is 1.53. The number of ether oxygens (including phenoxy) is 1. The van der Waals surface area contributed by atoms with E-state index in [-0.39, 0.29) is 5.95 Å². The first kappa shape index (κ1) is 11.4. The van der Waals surface area contributed by atoms with Crippen molar-refractivity contribution in [3.8, 4) is 5.88 Å². The second kappa shape index (κ2) is 5.84. The number of hydrogen-bond donors (Lipinski definition) is 1. The van der Waals surface area contributed by atoms with E-state index in [1.165, 1.54) is 5.56 Å². The summed E-state index contributed by atoms with van der Waals surface area (Å²) in [5.74, 6) is 0.774. The number of anilines is 1. The van der Waals surface area contributed by atoms with Crippen molar-refractivity contribution in [3.05, 3.63) is 48.2 Å². The maximum atomic E-state index is 5.48. The molecule has 0 aliphatic carbocycles. The van der Waals surface area contributed by atoms with Gasteiger partial charge in [-0.1, -0.05) is 30.3 Å². The van der Waals surface area contributed by atoms with E-state index in [1.807, 2.05) is 18.2 Å². The van der Waals surface area contributed by atoms with Gasteiger partial charge in [0.2, 0.25) is 11.8 Å². The largest absolute Gasteiger partial charge is 0.478 e. The summed E-state index contributed by atoms with van der Waals surface area (Å²) < 4.78 is 5.48. The molecule has 1 aromatic heterocycles. The molecule has 4 heteroatoms. The summed E-state index contributed by atoms with van der Waals surface area (Å²) >= 11 is 0. The van der Waals surface area contributed by atoms with Gasteiger partial charge in [-0.05, 0) is 18.4 Å². The lowest BCUT2D eigenvalue weighted by molar-refractivity contribution is 0.299. The number of nitrogens with zero attached hydrogens (tertiary/aromatic N) is 2. The van der Waals surface area contributed by atoms with Crippen LogP contribution in [-0.4, -0.2) is 16.6 Å². The van der Waals surface area contributed by atoms with Crippen LogP contribution in [0.4, 0.5) is 5.95 Å². The van der Waals surface area contributed by atoms with Gasteiger partial charge in [-0.2, -0.15) is 4.98 Å². The highest BCUT2D eigenvalue weighted by Gasteiger charge is 1.97. The molecular weight excluding hydrogens is 214 g/mol. The minimum absolute atomic E-state index is 0.241. The highest BCUT2D eigenvalue weighted by Crippen LogP contribution is 2.07. The number of benzene rings is 1. The minimum Gasteiger partial charge on any atom is -0.478 e. The van der Waals surface area contributed by atoms with E-state index in [0.717, 1.165) is 12.8 Å². The Bertz CT molecular complexity index is 459. The van der Waals surface area contributed by atoms with E-state index in [4.69, 9.17) is 10.5 Å². The third-order valence-corrected chi connectivity index (χ3v) is 2.35. The Kier molecular flexibility index (Phi) is 3.91. The second-order valence-electron chi connectivity index (χ2n) is 3.69. The van der Waals surface area contributed by atoms with Crippen molar-refractivity contribution >= 4 is 5.95 Å². The molecule has 0 bridgehead atoms. The summed E-state index contributed by atoms with van der Waals surface area (Å²) in [7, 11) is 0. The van der Waals surface area contributed by atoms with Gasteiger partial charge in [0.15, 0.2) is 0 Å². The molecule has 1 heterocycles. The van der Waals surface area contributed by atoms with E-state index >= 15 is 0 Å². The van der Waals surface area contributed by atoms with Crippen LogP contribution in [0.1, 0.15) is 12.0 Å². The Morgan fingerprint density at radius 1 is 1.12 bits per heavy atom. The zero-order chi connectivity index (χ0) is 11.9. The fourth-order valence-electron chi connectivity index (χ4n) is 1.53. The monoisotopic (exact) mass is 229 g/mol. The maximum absolute atomic E-state index is 5.48. The number of nitrogen functional groups attached to an aromatic ring is 1. The zero-order valence-electron chi connectivity index (χ0n) is 9.54. The molecule has 0 aliphatic heterocycles. The summed E-state index contributed by atoms with van der Waals surface area (Å²) in [6.07, 6.45) is 3.55. The quantitative estimate of drug-likeness (QED) is 0.797. The zero-order valence-corrected chi connectivity index (χ0v) is 9.54. The van der Waals surface area contributed by atoms with E-state index in [2.05, 4.69) is 22.1 Å². The van der Waals surface area contributed by atoms with Crippen LogP contribution in [0.25, 0.3) is 0 Å². The predicted molar refractivity (Wildman–Crippen MR) is 66.7 cm³/mol. The molecular formula is C13H15N3O. The van der Waals surface area contributed by atoms with Crippen LogP contribution < -0.4 is 10.5 Å². The Balaban J connectivity index is 1.73. The lowest BCUT2D eigenvalue weighted by Crippen LogP contribution is -2.02. The van der Waals surface area contributed by atoms with E-state index in [0.29, 0.717) is 12.5 Å². The average molecular weight is 229 g/mol. The smallest absolute Gasteiger partial charge is 0.223 e. The number of rotatable bonds is 5. The molecule has 0 saturated carbocycles. The summed E-state index contributed by atoms with van der Waals surface area (Å²) in [6.45, 7) is 0.630. The third-order valence-electron chi connectivity index (χ3n) is 2.35. The number of hydrogen-bond acceptors (Lipinski definition) is 4. The Morgan fingerprint density at radius 2 is 1.94 bits per heavy atom. The van der Waals surface area contributed by atoms with Gasteiger partial charge in [-0.25, -0.2) is 4.98 Å². The first-order valence-corrected chi connectivity index (χ1v) is 5.60. The number of aryl methyl sites for hydroxylation is 1. The fraction of sp³-hybridized carbons (Fsp3) is 0.231. The highest BCUT2D eigenvalue weighted by molar-refractivity contribution is 5.20. The summed E-state index contributed by atoms with van der Waals surface area (Å²) in [6, 6.07) is 12.0. The van der Waals surface area contributed by atoms with E-state index in [9.17, 15) is 0 Å². The van der Waals surface area contributed by atoms with Crippen LogP contribution >= 0.6 is 0 Å². The molecule has 4 nitrogen and oxygen atoms in total. The van der Waals surface area contributed by atoms with Gasteiger partial charge in [0, 0.05) is 12.3 Å². The predicted octanol–water partition coefficient (Wildman–Crippen LogP) is 2.07. The molecule has 2 rings (SSSR count). The molecule has 0 spiro atoms. The molecule has 0 amide bonds. The van der Waals surface area contributed by atoms with Crippen LogP contribution in [0.2, 0.25) is 0 Å². The van der Waals surface area contributed by atoms with Crippen molar-refractivity contribution in [2.24, 2.45) is 0 Å². The standard InChI is InChI=1S/C13H15N3O/c14-13-15-9-8-12(16-13)17-10-4-7-11-5-2-1-3-6-11/h1-3,5-6,8-9H,4,7,10H2,(H2,14,15,16). The van der Waals surface area contributed by atoms with Crippen LogP contribution in [0, 0.1) is 0 Å². The van der Waals surface area contributed by atoms with Gasteiger partial charge in [0.1, 0.15) is 0 Å². The van der Waals surface area contributed by atoms with Crippen molar-refractivity contribution < 1.29 is 4.74 Å². The molecule has 0 saturated heterocycles. The molecule has 0 fully saturated rings. The Hall–Kier alpha value is -2.10. The molecule has 2 aromatic rings. The molecule has 0 radical (unpaired) electrons. The van der Waals surface area contributed by atoms with Gasteiger partial charge in [-0.15, -0.1) is 0 Å². The third kappa shape index (κ3) is 3.75. The summed E-state index contributed by atoms with van der Waals surface area (Å²) in [4.78, 5) is 7.76.